The van der Waals surface area contributed by atoms with Gasteiger partial charge in [0.25, 0.3) is 0 Å². The van der Waals surface area contributed by atoms with Crippen LogP contribution in [0, 0.1) is 0 Å². The van der Waals surface area contributed by atoms with Gasteiger partial charge in [0, 0.05) is 23.2 Å². The highest BCUT2D eigenvalue weighted by Crippen LogP contribution is 2.36. The second-order valence-corrected chi connectivity index (χ2v) is 6.41. The maximum atomic E-state index is 12.9. The van der Waals surface area contributed by atoms with Gasteiger partial charge >= 0.3 is 6.18 Å². The minimum absolute atomic E-state index is 0.576. The summed E-state index contributed by atoms with van der Waals surface area (Å²) in [5.41, 5.74) is 2.21. The molecule has 5 heteroatoms. The van der Waals surface area contributed by atoms with E-state index in [4.69, 9.17) is 0 Å². The van der Waals surface area contributed by atoms with Gasteiger partial charge in [-0.05, 0) is 48.2 Å². The fourth-order valence-electron chi connectivity index (χ4n) is 2.85. The Morgan fingerprint density at radius 2 is 1.91 bits per heavy atom. The van der Waals surface area contributed by atoms with E-state index in [0.29, 0.717) is 12.2 Å². The molecule has 0 saturated heterocycles. The first-order valence-electron chi connectivity index (χ1n) is 7.13. The number of fused-ring (bicyclic) bond motifs is 1. The van der Waals surface area contributed by atoms with E-state index in [1.54, 1.807) is 6.07 Å². The van der Waals surface area contributed by atoms with Crippen LogP contribution in [-0.2, 0) is 19.1 Å². The topological polar surface area (TPSA) is 3.24 Å². The lowest BCUT2D eigenvalue weighted by Gasteiger charge is -2.32. The number of hydrogen-bond acceptors (Lipinski definition) is 1. The fourth-order valence-corrected chi connectivity index (χ4v) is 3.29. The molecule has 0 radical (unpaired) electrons. The van der Waals surface area contributed by atoms with Crippen LogP contribution < -0.4 is 4.90 Å². The first-order valence-corrected chi connectivity index (χ1v) is 7.92. The lowest BCUT2D eigenvalue weighted by atomic mass is 9.98. The number of alkyl halides is 3. The quantitative estimate of drug-likeness (QED) is 0.682. The normalized spacial score (nSPS) is 14.8. The molecule has 0 saturated carbocycles. The Morgan fingerprint density at radius 1 is 1.09 bits per heavy atom. The molecule has 0 fully saturated rings. The number of hydrogen-bond donors (Lipinski definition) is 0. The molecule has 116 valence electrons. The molecule has 2 aromatic carbocycles. The Labute approximate surface area is 135 Å². The first-order chi connectivity index (χ1) is 10.4. The molecule has 0 atom stereocenters. The number of nitrogens with zero attached hydrogens (tertiary/aromatic N) is 1. The number of anilines is 1. The first kappa shape index (κ1) is 15.4. The monoisotopic (exact) mass is 369 g/mol. The van der Waals surface area contributed by atoms with Crippen molar-refractivity contribution in [2.75, 3.05) is 11.4 Å². The number of rotatable bonds is 2. The van der Waals surface area contributed by atoms with E-state index in [0.717, 1.165) is 35.0 Å². The molecule has 22 heavy (non-hydrogen) atoms. The highest BCUT2D eigenvalue weighted by Gasteiger charge is 2.32. The molecule has 0 unspecified atom stereocenters. The van der Waals surface area contributed by atoms with E-state index in [2.05, 4.69) is 15.9 Å². The lowest BCUT2D eigenvalue weighted by molar-refractivity contribution is -0.137. The predicted molar refractivity (Wildman–Crippen MR) is 85.0 cm³/mol. The molecular weight excluding hydrogens is 355 g/mol. The summed E-state index contributed by atoms with van der Waals surface area (Å²) in [4.78, 5) is 2.04. The number of aryl methyl sites for hydroxylation is 1. The van der Waals surface area contributed by atoms with Crippen molar-refractivity contribution >= 4 is 21.6 Å². The van der Waals surface area contributed by atoms with Crippen LogP contribution in [-0.4, -0.2) is 6.54 Å². The zero-order valence-electron chi connectivity index (χ0n) is 11.8. The van der Waals surface area contributed by atoms with Crippen molar-refractivity contribution in [2.45, 2.75) is 25.6 Å². The fraction of sp³-hybridized carbons (Fsp3) is 0.294. The van der Waals surface area contributed by atoms with Crippen LogP contribution in [0.25, 0.3) is 0 Å². The van der Waals surface area contributed by atoms with Crippen molar-refractivity contribution in [1.82, 2.24) is 0 Å². The Kier molecular flexibility index (Phi) is 4.17. The van der Waals surface area contributed by atoms with Crippen LogP contribution >= 0.6 is 15.9 Å². The van der Waals surface area contributed by atoms with E-state index in [1.165, 1.54) is 12.1 Å². The maximum absolute atomic E-state index is 12.9. The summed E-state index contributed by atoms with van der Waals surface area (Å²) in [7, 11) is 0. The molecule has 0 bridgehead atoms. The summed E-state index contributed by atoms with van der Waals surface area (Å²) >= 11 is 3.43. The van der Waals surface area contributed by atoms with Crippen molar-refractivity contribution in [3.05, 3.63) is 63.6 Å². The molecule has 1 aliphatic heterocycles. The molecule has 1 nitrogen and oxygen atoms in total. The summed E-state index contributed by atoms with van der Waals surface area (Å²) in [5, 5.41) is 0. The van der Waals surface area contributed by atoms with Crippen LogP contribution in [0.3, 0.4) is 0 Å². The smallest absolute Gasteiger partial charge is 0.367 e. The van der Waals surface area contributed by atoms with Gasteiger partial charge in [-0.15, -0.1) is 0 Å². The molecular formula is C17H15BrF3N. The van der Waals surface area contributed by atoms with E-state index in [-0.39, 0.29) is 0 Å². The summed E-state index contributed by atoms with van der Waals surface area (Å²) in [6.45, 7) is 1.40. The SMILES string of the molecule is FC(F)(F)c1ccc2c(c1)N(Cc1cccc(Br)c1)CCC2. The lowest BCUT2D eigenvalue weighted by Crippen LogP contribution is -2.29. The zero-order valence-corrected chi connectivity index (χ0v) is 13.4. The Bertz CT molecular complexity index is 682. The summed E-state index contributed by atoms with van der Waals surface area (Å²) in [6, 6.07) is 12.0. The van der Waals surface area contributed by atoms with Crippen LogP contribution in [0.15, 0.2) is 46.9 Å². The highest BCUT2D eigenvalue weighted by molar-refractivity contribution is 9.10. The minimum Gasteiger partial charge on any atom is -0.367 e. The Hall–Kier alpha value is -1.49. The third-order valence-electron chi connectivity index (χ3n) is 3.89. The van der Waals surface area contributed by atoms with Crippen LogP contribution in [0.5, 0.6) is 0 Å². The van der Waals surface area contributed by atoms with Crippen LogP contribution in [0.4, 0.5) is 18.9 Å². The molecule has 3 rings (SSSR count). The minimum atomic E-state index is -4.30. The maximum Gasteiger partial charge on any atom is 0.416 e. The summed E-state index contributed by atoms with van der Waals surface area (Å²) < 4.78 is 39.8. The van der Waals surface area contributed by atoms with Crippen molar-refractivity contribution in [2.24, 2.45) is 0 Å². The summed E-state index contributed by atoms with van der Waals surface area (Å²) in [6.07, 6.45) is -2.50. The molecule has 1 aliphatic rings. The highest BCUT2D eigenvalue weighted by atomic mass is 79.9. The van der Waals surface area contributed by atoms with Gasteiger partial charge in [0.05, 0.1) is 5.56 Å². The molecule has 1 heterocycles. The van der Waals surface area contributed by atoms with Crippen molar-refractivity contribution < 1.29 is 13.2 Å². The van der Waals surface area contributed by atoms with Crippen molar-refractivity contribution in [1.29, 1.82) is 0 Å². The van der Waals surface area contributed by atoms with Crippen LogP contribution in [0.2, 0.25) is 0 Å². The summed E-state index contributed by atoms with van der Waals surface area (Å²) in [5.74, 6) is 0. The third-order valence-corrected chi connectivity index (χ3v) is 4.38. The third kappa shape index (κ3) is 3.29. The van der Waals surface area contributed by atoms with Crippen molar-refractivity contribution in [3.8, 4) is 0 Å². The number of halogens is 4. The van der Waals surface area contributed by atoms with Gasteiger partial charge in [0.15, 0.2) is 0 Å². The van der Waals surface area contributed by atoms with Gasteiger partial charge in [-0.2, -0.15) is 13.2 Å². The Balaban J connectivity index is 1.93. The van der Waals surface area contributed by atoms with Gasteiger partial charge in [-0.3, -0.25) is 0 Å². The van der Waals surface area contributed by atoms with Gasteiger partial charge < -0.3 is 4.90 Å². The Morgan fingerprint density at radius 3 is 2.64 bits per heavy atom. The molecule has 0 spiro atoms. The van der Waals surface area contributed by atoms with Gasteiger partial charge in [-0.25, -0.2) is 0 Å². The van der Waals surface area contributed by atoms with E-state index in [9.17, 15) is 13.2 Å². The predicted octanol–water partition coefficient (Wildman–Crippen LogP) is 5.42. The van der Waals surface area contributed by atoms with Gasteiger partial charge in [0.1, 0.15) is 0 Å². The number of benzene rings is 2. The molecule has 0 amide bonds. The molecule has 0 aliphatic carbocycles. The second-order valence-electron chi connectivity index (χ2n) is 5.50. The van der Waals surface area contributed by atoms with Crippen molar-refractivity contribution in [3.63, 3.8) is 0 Å². The average Bonchev–Trinajstić information content (AvgIpc) is 2.46. The second kappa shape index (κ2) is 5.95. The van der Waals surface area contributed by atoms with Gasteiger partial charge in [-0.1, -0.05) is 34.1 Å². The van der Waals surface area contributed by atoms with E-state index < -0.39 is 11.7 Å². The van der Waals surface area contributed by atoms with Crippen LogP contribution in [0.1, 0.15) is 23.1 Å². The molecule has 0 aromatic heterocycles. The zero-order chi connectivity index (χ0) is 15.7. The average molecular weight is 370 g/mol. The van der Waals surface area contributed by atoms with Gasteiger partial charge in [0.2, 0.25) is 0 Å². The van der Waals surface area contributed by atoms with E-state index in [1.807, 2.05) is 29.2 Å². The van der Waals surface area contributed by atoms with E-state index >= 15 is 0 Å². The standard InChI is InChI=1S/C17H15BrF3N/c18-15-5-1-3-12(9-15)11-22-8-2-4-13-6-7-14(10-16(13)22)17(19,20)21/h1,3,5-7,9-10H,2,4,8,11H2. The molecule has 0 N–H and O–H groups in total. The molecule has 2 aromatic rings. The largest absolute Gasteiger partial charge is 0.416 e.